The number of hydrogen-bond donors (Lipinski definition) is 1. The lowest BCUT2D eigenvalue weighted by atomic mass is 10.0. The van der Waals surface area contributed by atoms with Gasteiger partial charge in [0.1, 0.15) is 6.10 Å². The minimum Gasteiger partial charge on any atom is -0.386 e. The third-order valence-corrected chi connectivity index (χ3v) is 2.70. The first-order chi connectivity index (χ1) is 7.20. The molecule has 0 saturated carbocycles. The largest absolute Gasteiger partial charge is 0.386 e. The van der Waals surface area contributed by atoms with Gasteiger partial charge < -0.3 is 9.84 Å². The van der Waals surface area contributed by atoms with Crippen LogP contribution in [0.1, 0.15) is 31.9 Å². The summed E-state index contributed by atoms with van der Waals surface area (Å²) in [5.41, 5.74) is 0.736. The molecule has 0 aliphatic rings. The zero-order valence-corrected chi connectivity index (χ0v) is 9.87. The Kier molecular flexibility index (Phi) is 5.09. The van der Waals surface area contributed by atoms with E-state index >= 15 is 0 Å². The molecular formula is C12H17ClO2. The second-order valence-corrected chi connectivity index (χ2v) is 3.78. The fourth-order valence-corrected chi connectivity index (χ4v) is 1.81. The SMILES string of the molecule is CCOC(CC)C(O)c1ccccc1Cl. The molecule has 2 atom stereocenters. The standard InChI is InChI=1S/C12H17ClO2/c1-3-11(15-4-2)12(14)9-7-5-6-8-10(9)13/h5-8,11-12,14H,3-4H2,1-2H3. The Balaban J connectivity index is 2.82. The molecule has 0 amide bonds. The first-order valence-corrected chi connectivity index (χ1v) is 5.62. The molecule has 84 valence electrons. The molecule has 1 N–H and O–H groups in total. The van der Waals surface area contributed by atoms with Crippen molar-refractivity contribution in [3.05, 3.63) is 34.9 Å². The number of aliphatic hydroxyl groups excluding tert-OH is 1. The Bertz CT molecular complexity index is 301. The number of benzene rings is 1. The second kappa shape index (κ2) is 6.11. The predicted octanol–water partition coefficient (Wildman–Crippen LogP) is 3.19. The van der Waals surface area contributed by atoms with Crippen LogP contribution in [0, 0.1) is 0 Å². The third kappa shape index (κ3) is 3.20. The van der Waals surface area contributed by atoms with Crippen molar-refractivity contribution in [2.75, 3.05) is 6.61 Å². The second-order valence-electron chi connectivity index (χ2n) is 3.37. The molecule has 0 saturated heterocycles. The van der Waals surface area contributed by atoms with Crippen molar-refractivity contribution in [3.8, 4) is 0 Å². The minimum absolute atomic E-state index is 0.185. The molecule has 0 aliphatic carbocycles. The Morgan fingerprint density at radius 2 is 2.00 bits per heavy atom. The summed E-state index contributed by atoms with van der Waals surface area (Å²) in [6.07, 6.45) is -0.0706. The fraction of sp³-hybridized carbons (Fsp3) is 0.500. The summed E-state index contributed by atoms with van der Waals surface area (Å²) < 4.78 is 5.45. The molecule has 0 aliphatic heterocycles. The van der Waals surface area contributed by atoms with Crippen LogP contribution in [0.3, 0.4) is 0 Å². The van der Waals surface area contributed by atoms with Crippen LogP contribution < -0.4 is 0 Å². The van der Waals surface area contributed by atoms with Crippen molar-refractivity contribution in [2.45, 2.75) is 32.5 Å². The highest BCUT2D eigenvalue weighted by molar-refractivity contribution is 6.31. The predicted molar refractivity (Wildman–Crippen MR) is 62.1 cm³/mol. The number of aliphatic hydroxyl groups is 1. The van der Waals surface area contributed by atoms with E-state index in [1.54, 1.807) is 6.07 Å². The van der Waals surface area contributed by atoms with Crippen molar-refractivity contribution < 1.29 is 9.84 Å². The van der Waals surface area contributed by atoms with Gasteiger partial charge in [-0.05, 0) is 19.4 Å². The summed E-state index contributed by atoms with van der Waals surface area (Å²) in [5.74, 6) is 0. The van der Waals surface area contributed by atoms with Crippen molar-refractivity contribution in [1.29, 1.82) is 0 Å². The molecule has 0 spiro atoms. The highest BCUT2D eigenvalue weighted by atomic mass is 35.5. The first-order valence-electron chi connectivity index (χ1n) is 5.24. The molecule has 3 heteroatoms. The maximum Gasteiger partial charge on any atom is 0.107 e. The first kappa shape index (κ1) is 12.5. The van der Waals surface area contributed by atoms with E-state index in [-0.39, 0.29) is 6.10 Å². The highest BCUT2D eigenvalue weighted by Crippen LogP contribution is 2.27. The van der Waals surface area contributed by atoms with Gasteiger partial charge in [0.2, 0.25) is 0 Å². The Morgan fingerprint density at radius 1 is 1.33 bits per heavy atom. The average molecular weight is 229 g/mol. The van der Waals surface area contributed by atoms with E-state index in [2.05, 4.69) is 0 Å². The summed E-state index contributed by atoms with van der Waals surface area (Å²) >= 11 is 6.00. The van der Waals surface area contributed by atoms with E-state index < -0.39 is 6.10 Å². The summed E-state index contributed by atoms with van der Waals surface area (Å²) in [6.45, 7) is 4.50. The van der Waals surface area contributed by atoms with Gasteiger partial charge in [-0.15, -0.1) is 0 Å². The molecule has 1 rings (SSSR count). The van der Waals surface area contributed by atoms with Crippen molar-refractivity contribution in [3.63, 3.8) is 0 Å². The van der Waals surface area contributed by atoms with Gasteiger partial charge in [0.15, 0.2) is 0 Å². The van der Waals surface area contributed by atoms with Crippen LogP contribution in [-0.2, 0) is 4.74 Å². The summed E-state index contributed by atoms with van der Waals surface area (Å²) in [7, 11) is 0. The lowest BCUT2D eigenvalue weighted by Gasteiger charge is -2.22. The molecule has 2 unspecified atom stereocenters. The smallest absolute Gasteiger partial charge is 0.107 e. The molecule has 2 nitrogen and oxygen atoms in total. The molecular weight excluding hydrogens is 212 g/mol. The van der Waals surface area contributed by atoms with Gasteiger partial charge in [-0.1, -0.05) is 36.7 Å². The fourth-order valence-electron chi connectivity index (χ4n) is 1.56. The zero-order valence-electron chi connectivity index (χ0n) is 9.11. The van der Waals surface area contributed by atoms with E-state index in [0.29, 0.717) is 11.6 Å². The number of halogens is 1. The molecule has 0 fully saturated rings. The van der Waals surface area contributed by atoms with Gasteiger partial charge in [0.25, 0.3) is 0 Å². The van der Waals surface area contributed by atoms with E-state index in [0.717, 1.165) is 12.0 Å². The summed E-state index contributed by atoms with van der Waals surface area (Å²) in [5, 5.41) is 10.7. The van der Waals surface area contributed by atoms with E-state index in [1.165, 1.54) is 0 Å². The van der Waals surface area contributed by atoms with Gasteiger partial charge in [0, 0.05) is 17.2 Å². The molecule has 0 radical (unpaired) electrons. The van der Waals surface area contributed by atoms with E-state index in [4.69, 9.17) is 16.3 Å². The van der Waals surface area contributed by atoms with Crippen molar-refractivity contribution >= 4 is 11.6 Å². The molecule has 1 aromatic carbocycles. The molecule has 0 heterocycles. The normalized spacial score (nSPS) is 14.9. The number of hydrogen-bond acceptors (Lipinski definition) is 2. The van der Waals surface area contributed by atoms with Crippen LogP contribution in [0.4, 0.5) is 0 Å². The Labute approximate surface area is 95.8 Å². The van der Waals surface area contributed by atoms with Crippen LogP contribution in [0.25, 0.3) is 0 Å². The van der Waals surface area contributed by atoms with Crippen LogP contribution in [0.15, 0.2) is 24.3 Å². The topological polar surface area (TPSA) is 29.5 Å². The van der Waals surface area contributed by atoms with E-state index in [1.807, 2.05) is 32.0 Å². The van der Waals surface area contributed by atoms with Crippen LogP contribution in [0.5, 0.6) is 0 Å². The van der Waals surface area contributed by atoms with Gasteiger partial charge >= 0.3 is 0 Å². The van der Waals surface area contributed by atoms with Gasteiger partial charge in [-0.3, -0.25) is 0 Å². The number of rotatable bonds is 5. The Hall–Kier alpha value is -0.570. The van der Waals surface area contributed by atoms with Crippen molar-refractivity contribution in [2.24, 2.45) is 0 Å². The molecule has 15 heavy (non-hydrogen) atoms. The quantitative estimate of drug-likeness (QED) is 0.839. The van der Waals surface area contributed by atoms with Gasteiger partial charge in [-0.2, -0.15) is 0 Å². The lowest BCUT2D eigenvalue weighted by molar-refractivity contribution is -0.0355. The van der Waals surface area contributed by atoms with Crippen LogP contribution >= 0.6 is 11.6 Å². The highest BCUT2D eigenvalue weighted by Gasteiger charge is 2.21. The average Bonchev–Trinajstić information content (AvgIpc) is 2.25. The Morgan fingerprint density at radius 3 is 2.53 bits per heavy atom. The van der Waals surface area contributed by atoms with Crippen LogP contribution in [-0.4, -0.2) is 17.8 Å². The van der Waals surface area contributed by atoms with Crippen molar-refractivity contribution in [1.82, 2.24) is 0 Å². The third-order valence-electron chi connectivity index (χ3n) is 2.36. The monoisotopic (exact) mass is 228 g/mol. The van der Waals surface area contributed by atoms with E-state index in [9.17, 15) is 5.11 Å². The molecule has 1 aromatic rings. The maximum atomic E-state index is 10.1. The summed E-state index contributed by atoms with van der Waals surface area (Å²) in [4.78, 5) is 0. The number of ether oxygens (including phenoxy) is 1. The molecule has 0 aromatic heterocycles. The van der Waals surface area contributed by atoms with Gasteiger partial charge in [0.05, 0.1) is 6.10 Å². The lowest BCUT2D eigenvalue weighted by Crippen LogP contribution is -2.21. The zero-order chi connectivity index (χ0) is 11.3. The maximum absolute atomic E-state index is 10.1. The van der Waals surface area contributed by atoms with Gasteiger partial charge in [-0.25, -0.2) is 0 Å². The minimum atomic E-state index is -0.649. The molecule has 0 bridgehead atoms. The summed E-state index contributed by atoms with van der Waals surface area (Å²) in [6, 6.07) is 7.32. The van der Waals surface area contributed by atoms with Crippen LogP contribution in [0.2, 0.25) is 5.02 Å².